The molecule has 0 bridgehead atoms. The van der Waals surface area contributed by atoms with Crippen LogP contribution >= 0.6 is 0 Å². The minimum Gasteiger partial charge on any atom is -0.459 e. The highest BCUT2D eigenvalue weighted by molar-refractivity contribution is 6.04. The molecule has 5 rings (SSSR count). The second kappa shape index (κ2) is 12.0. The maximum atomic E-state index is 13.2. The summed E-state index contributed by atoms with van der Waals surface area (Å²) in [4.78, 5) is 39.8. The summed E-state index contributed by atoms with van der Waals surface area (Å²) < 4.78 is 5.30. The van der Waals surface area contributed by atoms with Gasteiger partial charge in [0.25, 0.3) is 5.91 Å². The van der Waals surface area contributed by atoms with Crippen molar-refractivity contribution in [2.75, 3.05) is 23.3 Å². The van der Waals surface area contributed by atoms with E-state index in [4.69, 9.17) is 10.2 Å². The number of amides is 2. The van der Waals surface area contributed by atoms with Crippen molar-refractivity contribution < 1.29 is 18.8 Å². The second-order valence-corrected chi connectivity index (χ2v) is 10.3. The van der Waals surface area contributed by atoms with Crippen molar-refractivity contribution in [2.24, 2.45) is 5.73 Å². The zero-order chi connectivity index (χ0) is 28.1. The van der Waals surface area contributed by atoms with Gasteiger partial charge in [-0.1, -0.05) is 42.5 Å². The van der Waals surface area contributed by atoms with E-state index in [2.05, 4.69) is 41.4 Å². The minimum absolute atomic E-state index is 0.0200. The number of carbonyl (C=O) groups is 3. The first-order chi connectivity index (χ1) is 19.4. The number of anilines is 2. The minimum atomic E-state index is -0.479. The number of rotatable bonds is 9. The van der Waals surface area contributed by atoms with E-state index in [0.717, 1.165) is 37.1 Å². The number of hydrogen-bond donors (Lipinski definition) is 2. The number of carbonyl (C=O) groups excluding carboxylic acids is 3. The average Bonchev–Trinajstić information content (AvgIpc) is 3.52. The number of piperidine rings is 1. The van der Waals surface area contributed by atoms with Gasteiger partial charge in [-0.25, -0.2) is 0 Å². The van der Waals surface area contributed by atoms with Gasteiger partial charge in [0, 0.05) is 42.0 Å². The van der Waals surface area contributed by atoms with Crippen LogP contribution in [0.25, 0.3) is 0 Å². The first-order valence-corrected chi connectivity index (χ1v) is 13.6. The molecule has 1 aromatic heterocycles. The van der Waals surface area contributed by atoms with Crippen LogP contribution in [-0.2, 0) is 6.42 Å². The SMILES string of the molecule is Cc1ccccc1N1CCC(c2ccc(C(=O)CCc3ccc(C(N)=O)cc3)cc2NC(=O)c2ccco2)CC1. The smallest absolute Gasteiger partial charge is 0.291 e. The van der Waals surface area contributed by atoms with E-state index in [9.17, 15) is 14.4 Å². The molecule has 204 valence electrons. The number of benzene rings is 3. The predicted molar refractivity (Wildman–Crippen MR) is 156 cm³/mol. The molecule has 3 aromatic carbocycles. The molecule has 0 aliphatic carbocycles. The summed E-state index contributed by atoms with van der Waals surface area (Å²) >= 11 is 0. The Hall–Kier alpha value is -4.65. The molecule has 2 amide bonds. The number of ketones is 1. The summed E-state index contributed by atoms with van der Waals surface area (Å²) in [5.74, 6) is -0.375. The third kappa shape index (κ3) is 6.15. The Morgan fingerprint density at radius 3 is 2.33 bits per heavy atom. The Balaban J connectivity index is 1.32. The van der Waals surface area contributed by atoms with Gasteiger partial charge >= 0.3 is 0 Å². The lowest BCUT2D eigenvalue weighted by Gasteiger charge is -2.35. The summed E-state index contributed by atoms with van der Waals surface area (Å²) in [6.07, 6.45) is 4.17. The predicted octanol–water partition coefficient (Wildman–Crippen LogP) is 6.14. The van der Waals surface area contributed by atoms with Gasteiger partial charge in [0.1, 0.15) is 0 Å². The Bertz CT molecular complexity index is 1500. The van der Waals surface area contributed by atoms with Crippen molar-refractivity contribution >= 4 is 29.0 Å². The number of primary amides is 1. The van der Waals surface area contributed by atoms with Gasteiger partial charge in [0.05, 0.1) is 6.26 Å². The Morgan fingerprint density at radius 2 is 1.65 bits per heavy atom. The van der Waals surface area contributed by atoms with Crippen LogP contribution in [0.3, 0.4) is 0 Å². The van der Waals surface area contributed by atoms with Crippen LogP contribution in [0, 0.1) is 6.92 Å². The van der Waals surface area contributed by atoms with Gasteiger partial charge in [-0.05, 0) is 85.2 Å². The molecule has 0 spiro atoms. The van der Waals surface area contributed by atoms with Crippen molar-refractivity contribution in [3.05, 3.63) is 119 Å². The Morgan fingerprint density at radius 1 is 0.925 bits per heavy atom. The summed E-state index contributed by atoms with van der Waals surface area (Å²) in [6, 6.07) is 24.3. The van der Waals surface area contributed by atoms with Crippen molar-refractivity contribution in [2.45, 2.75) is 38.5 Å². The number of aryl methyl sites for hydroxylation is 2. The molecule has 1 saturated heterocycles. The van der Waals surface area contributed by atoms with Crippen LogP contribution in [-0.4, -0.2) is 30.7 Å². The van der Waals surface area contributed by atoms with E-state index >= 15 is 0 Å². The van der Waals surface area contributed by atoms with Crippen LogP contribution in [0.2, 0.25) is 0 Å². The van der Waals surface area contributed by atoms with Gasteiger partial charge in [-0.2, -0.15) is 0 Å². The number of hydrogen-bond acceptors (Lipinski definition) is 5. The molecule has 0 atom stereocenters. The van der Waals surface area contributed by atoms with Gasteiger partial charge in [0.15, 0.2) is 11.5 Å². The number of para-hydroxylation sites is 1. The normalized spacial score (nSPS) is 13.7. The molecular formula is C33H33N3O4. The van der Waals surface area contributed by atoms with Crippen LogP contribution in [0.1, 0.15) is 73.1 Å². The lowest BCUT2D eigenvalue weighted by atomic mass is 9.86. The summed E-state index contributed by atoms with van der Waals surface area (Å²) in [6.45, 7) is 3.96. The molecule has 3 N–H and O–H groups in total. The van der Waals surface area contributed by atoms with Gasteiger partial charge in [-0.3, -0.25) is 14.4 Å². The molecule has 0 saturated carbocycles. The third-order valence-electron chi connectivity index (χ3n) is 7.64. The Kier molecular flexibility index (Phi) is 8.10. The first-order valence-electron chi connectivity index (χ1n) is 13.6. The zero-order valence-corrected chi connectivity index (χ0v) is 22.6. The van der Waals surface area contributed by atoms with E-state index in [1.165, 1.54) is 17.5 Å². The van der Waals surface area contributed by atoms with E-state index < -0.39 is 5.91 Å². The van der Waals surface area contributed by atoms with E-state index in [1.807, 2.05) is 24.3 Å². The highest BCUT2D eigenvalue weighted by Crippen LogP contribution is 2.36. The highest BCUT2D eigenvalue weighted by atomic mass is 16.3. The molecule has 0 unspecified atom stereocenters. The van der Waals surface area contributed by atoms with Crippen LogP contribution in [0.15, 0.2) is 89.5 Å². The molecule has 0 radical (unpaired) electrons. The Labute approximate surface area is 234 Å². The van der Waals surface area contributed by atoms with Crippen molar-refractivity contribution in [1.29, 1.82) is 0 Å². The number of nitrogens with zero attached hydrogens (tertiary/aromatic N) is 1. The molecule has 4 aromatic rings. The van der Waals surface area contributed by atoms with E-state index in [0.29, 0.717) is 29.7 Å². The van der Waals surface area contributed by atoms with E-state index in [1.54, 1.807) is 30.3 Å². The van der Waals surface area contributed by atoms with Gasteiger partial charge < -0.3 is 20.4 Å². The molecule has 2 heterocycles. The average molecular weight is 536 g/mol. The molecule has 7 heteroatoms. The van der Waals surface area contributed by atoms with Gasteiger partial charge in [0.2, 0.25) is 5.91 Å². The lowest BCUT2D eigenvalue weighted by Crippen LogP contribution is -2.33. The standard InChI is InChI=1S/C33H33N3O4/c1-22-5-2-3-6-29(22)36-18-16-24(17-19-36)27-14-13-26(21-28(27)35-33(39)31-7-4-20-40-31)30(37)15-10-23-8-11-25(12-9-23)32(34)38/h2-9,11-14,20-21,24H,10,15-19H2,1H3,(H2,34,38)(H,35,39). The number of Topliss-reactive ketones (excluding diaryl/α,β-unsaturated/α-hetero) is 1. The highest BCUT2D eigenvalue weighted by Gasteiger charge is 2.25. The van der Waals surface area contributed by atoms with Crippen molar-refractivity contribution in [3.8, 4) is 0 Å². The number of furan rings is 1. The molecular weight excluding hydrogens is 502 g/mol. The third-order valence-corrected chi connectivity index (χ3v) is 7.64. The molecule has 1 fully saturated rings. The second-order valence-electron chi connectivity index (χ2n) is 10.3. The number of nitrogens with one attached hydrogen (secondary N) is 1. The fourth-order valence-corrected chi connectivity index (χ4v) is 5.37. The quantitative estimate of drug-likeness (QED) is 0.251. The van der Waals surface area contributed by atoms with Crippen LogP contribution in [0.4, 0.5) is 11.4 Å². The summed E-state index contributed by atoms with van der Waals surface area (Å²) in [5, 5.41) is 3.01. The van der Waals surface area contributed by atoms with Crippen LogP contribution < -0.4 is 16.0 Å². The zero-order valence-electron chi connectivity index (χ0n) is 22.6. The van der Waals surface area contributed by atoms with E-state index in [-0.39, 0.29) is 23.4 Å². The van der Waals surface area contributed by atoms with Crippen molar-refractivity contribution in [1.82, 2.24) is 0 Å². The molecule has 1 aliphatic heterocycles. The molecule has 1 aliphatic rings. The fourth-order valence-electron chi connectivity index (χ4n) is 5.37. The summed E-state index contributed by atoms with van der Waals surface area (Å²) in [7, 11) is 0. The maximum absolute atomic E-state index is 13.2. The molecule has 7 nitrogen and oxygen atoms in total. The summed E-state index contributed by atoms with van der Waals surface area (Å²) in [5.41, 5.74) is 11.4. The van der Waals surface area contributed by atoms with Gasteiger partial charge in [-0.15, -0.1) is 0 Å². The van der Waals surface area contributed by atoms with Crippen LogP contribution in [0.5, 0.6) is 0 Å². The first kappa shape index (κ1) is 26.9. The lowest BCUT2D eigenvalue weighted by molar-refractivity contribution is 0.0976. The number of nitrogens with two attached hydrogens (primary N) is 1. The monoisotopic (exact) mass is 535 g/mol. The topological polar surface area (TPSA) is 106 Å². The largest absolute Gasteiger partial charge is 0.459 e. The van der Waals surface area contributed by atoms with Crippen molar-refractivity contribution in [3.63, 3.8) is 0 Å². The maximum Gasteiger partial charge on any atom is 0.291 e. The fraction of sp³-hybridized carbons (Fsp3) is 0.242. The molecule has 40 heavy (non-hydrogen) atoms.